The van der Waals surface area contributed by atoms with E-state index in [9.17, 15) is 9.59 Å². The Morgan fingerprint density at radius 1 is 1.10 bits per heavy atom. The van der Waals surface area contributed by atoms with Crippen molar-refractivity contribution in [1.29, 1.82) is 0 Å². The molecule has 0 amide bonds. The number of rotatable bonds is 5. The maximum atomic E-state index is 12.8. The monoisotopic (exact) mass is 410 g/mol. The van der Waals surface area contributed by atoms with Crippen LogP contribution in [-0.2, 0) is 13.6 Å². The number of aromatic nitrogens is 4. The first kappa shape index (κ1) is 20.4. The van der Waals surface area contributed by atoms with E-state index in [1.165, 1.54) is 4.57 Å². The van der Waals surface area contributed by atoms with Crippen LogP contribution < -0.4 is 16.1 Å². The number of hydrogen-bond donors (Lipinski definition) is 1. The Kier molecular flexibility index (Phi) is 5.51. The van der Waals surface area contributed by atoms with Crippen LogP contribution in [0.4, 0.5) is 5.95 Å². The lowest BCUT2D eigenvalue weighted by Gasteiger charge is -2.36. The fraction of sp³-hybridized carbons (Fsp3) is 0.500. The van der Waals surface area contributed by atoms with Crippen LogP contribution in [0.2, 0.25) is 0 Å². The summed E-state index contributed by atoms with van der Waals surface area (Å²) in [5, 5.41) is 0. The van der Waals surface area contributed by atoms with E-state index >= 15 is 0 Å². The van der Waals surface area contributed by atoms with E-state index < -0.39 is 5.69 Å². The molecular weight excluding hydrogens is 380 g/mol. The van der Waals surface area contributed by atoms with Gasteiger partial charge in [0.15, 0.2) is 11.2 Å². The smallest absolute Gasteiger partial charge is 0.329 e. The number of imidazole rings is 1. The first-order valence-electron chi connectivity index (χ1n) is 10.6. The molecule has 3 heterocycles. The van der Waals surface area contributed by atoms with Crippen LogP contribution in [0.25, 0.3) is 11.2 Å². The summed E-state index contributed by atoms with van der Waals surface area (Å²) in [6, 6.07) is 8.16. The number of anilines is 1. The van der Waals surface area contributed by atoms with Crippen molar-refractivity contribution < 1.29 is 0 Å². The molecule has 1 aromatic carbocycles. The van der Waals surface area contributed by atoms with Gasteiger partial charge < -0.3 is 4.90 Å². The number of aryl methyl sites for hydroxylation is 2. The topological polar surface area (TPSA) is 79.2 Å². The summed E-state index contributed by atoms with van der Waals surface area (Å²) in [5.41, 5.74) is 2.33. The minimum Gasteiger partial charge on any atom is -0.340 e. The van der Waals surface area contributed by atoms with Gasteiger partial charge in [-0.3, -0.25) is 23.8 Å². The molecule has 8 nitrogen and oxygen atoms in total. The van der Waals surface area contributed by atoms with Crippen molar-refractivity contribution in [3.8, 4) is 0 Å². The molecule has 3 aromatic rings. The number of fused-ring (bicyclic) bond motifs is 1. The van der Waals surface area contributed by atoms with Crippen LogP contribution in [0.15, 0.2) is 33.9 Å². The molecule has 8 heteroatoms. The third kappa shape index (κ3) is 3.79. The lowest BCUT2D eigenvalue weighted by Crippen LogP contribution is -2.48. The Hall–Kier alpha value is -2.87. The molecule has 0 atom stereocenters. The third-order valence-corrected chi connectivity index (χ3v) is 5.86. The molecule has 160 valence electrons. The van der Waals surface area contributed by atoms with Gasteiger partial charge >= 0.3 is 5.69 Å². The van der Waals surface area contributed by atoms with E-state index in [0.29, 0.717) is 23.6 Å². The van der Waals surface area contributed by atoms with E-state index in [0.717, 1.165) is 49.8 Å². The van der Waals surface area contributed by atoms with E-state index in [1.807, 2.05) is 16.7 Å². The molecule has 1 aliphatic rings. The Morgan fingerprint density at radius 3 is 2.47 bits per heavy atom. The molecule has 1 saturated heterocycles. The second-order valence-corrected chi connectivity index (χ2v) is 8.60. The zero-order chi connectivity index (χ0) is 21.4. The number of aromatic amines is 1. The Labute approximate surface area is 175 Å². The molecule has 0 bridgehead atoms. The van der Waals surface area contributed by atoms with Gasteiger partial charge in [-0.15, -0.1) is 0 Å². The molecule has 0 radical (unpaired) electrons. The number of H-pyrrole nitrogens is 1. The predicted molar refractivity (Wildman–Crippen MR) is 119 cm³/mol. The number of nitrogens with one attached hydrogen (secondary N) is 1. The highest BCUT2D eigenvalue weighted by molar-refractivity contribution is 5.74. The normalized spacial score (nSPS) is 15.4. The molecule has 30 heavy (non-hydrogen) atoms. The molecule has 0 spiro atoms. The highest BCUT2D eigenvalue weighted by Gasteiger charge is 2.25. The van der Waals surface area contributed by atoms with E-state index in [4.69, 9.17) is 4.98 Å². The highest BCUT2D eigenvalue weighted by atomic mass is 16.2. The quantitative estimate of drug-likeness (QED) is 0.691. The Morgan fingerprint density at radius 2 is 1.80 bits per heavy atom. The van der Waals surface area contributed by atoms with E-state index in [-0.39, 0.29) is 5.56 Å². The highest BCUT2D eigenvalue weighted by Crippen LogP contribution is 2.23. The average molecular weight is 411 g/mol. The van der Waals surface area contributed by atoms with Gasteiger partial charge in [0, 0.05) is 39.8 Å². The first-order chi connectivity index (χ1) is 14.3. The fourth-order valence-corrected chi connectivity index (χ4v) is 4.22. The minimum atomic E-state index is -0.443. The maximum Gasteiger partial charge on any atom is 0.329 e. The second kappa shape index (κ2) is 8.10. The Balaban J connectivity index is 1.78. The first-order valence-corrected chi connectivity index (χ1v) is 10.6. The van der Waals surface area contributed by atoms with Crippen molar-refractivity contribution in [3.63, 3.8) is 0 Å². The summed E-state index contributed by atoms with van der Waals surface area (Å²) in [5.74, 6) is 1.39. The van der Waals surface area contributed by atoms with Crippen molar-refractivity contribution in [1.82, 2.24) is 24.0 Å². The molecule has 1 aliphatic heterocycles. The van der Waals surface area contributed by atoms with Crippen LogP contribution in [0.5, 0.6) is 0 Å². The number of nitrogens with zero attached hydrogens (tertiary/aromatic N) is 5. The maximum absolute atomic E-state index is 12.8. The molecule has 0 aliphatic carbocycles. The number of hydrogen-bond acceptors (Lipinski definition) is 5. The standard InChI is InChI=1S/C22H30N6O2/c1-15(2)13-26-9-11-27(12-10-26)21-23-19-18(20(29)24-22(30)25(19)4)28(21)14-17-8-6-5-7-16(17)3/h5-8,15H,9-14H2,1-4H3,(H,24,29,30). The van der Waals surface area contributed by atoms with Crippen molar-refractivity contribution in [3.05, 3.63) is 56.2 Å². The van der Waals surface area contributed by atoms with Crippen LogP contribution >= 0.6 is 0 Å². The summed E-state index contributed by atoms with van der Waals surface area (Å²) in [6.07, 6.45) is 0. The van der Waals surface area contributed by atoms with Crippen molar-refractivity contribution in [2.24, 2.45) is 13.0 Å². The van der Waals surface area contributed by atoms with Crippen LogP contribution in [-0.4, -0.2) is 56.7 Å². The molecule has 4 rings (SSSR count). The third-order valence-electron chi connectivity index (χ3n) is 5.86. The summed E-state index contributed by atoms with van der Waals surface area (Å²) in [7, 11) is 1.65. The zero-order valence-electron chi connectivity index (χ0n) is 18.2. The summed E-state index contributed by atoms with van der Waals surface area (Å²) < 4.78 is 3.39. The van der Waals surface area contributed by atoms with Crippen molar-refractivity contribution in [2.75, 3.05) is 37.6 Å². The Bertz CT molecular complexity index is 1160. The fourth-order valence-electron chi connectivity index (χ4n) is 4.22. The second-order valence-electron chi connectivity index (χ2n) is 8.60. The zero-order valence-corrected chi connectivity index (χ0v) is 18.2. The van der Waals surface area contributed by atoms with Crippen molar-refractivity contribution in [2.45, 2.75) is 27.3 Å². The van der Waals surface area contributed by atoms with Crippen LogP contribution in [0.1, 0.15) is 25.0 Å². The lowest BCUT2D eigenvalue weighted by atomic mass is 10.1. The number of benzene rings is 1. The van der Waals surface area contributed by atoms with Gasteiger partial charge in [0.05, 0.1) is 6.54 Å². The van der Waals surface area contributed by atoms with Gasteiger partial charge in [-0.05, 0) is 24.0 Å². The van der Waals surface area contributed by atoms with Gasteiger partial charge in [-0.1, -0.05) is 38.1 Å². The summed E-state index contributed by atoms with van der Waals surface area (Å²) in [6.45, 7) is 11.8. The molecular formula is C22H30N6O2. The number of piperazine rings is 1. The van der Waals surface area contributed by atoms with Gasteiger partial charge in [-0.2, -0.15) is 4.98 Å². The van der Waals surface area contributed by atoms with Crippen LogP contribution in [0.3, 0.4) is 0 Å². The molecule has 1 N–H and O–H groups in total. The SMILES string of the molecule is Cc1ccccc1Cn1c(N2CCN(CC(C)C)CC2)nc2c1c(=O)[nH]c(=O)n2C. The van der Waals surface area contributed by atoms with Crippen molar-refractivity contribution >= 4 is 17.1 Å². The van der Waals surface area contributed by atoms with Gasteiger partial charge in [0.1, 0.15) is 0 Å². The summed E-state index contributed by atoms with van der Waals surface area (Å²) in [4.78, 5) is 36.8. The van der Waals surface area contributed by atoms with Gasteiger partial charge in [0.25, 0.3) is 5.56 Å². The molecule has 0 unspecified atom stereocenters. The average Bonchev–Trinajstić information content (AvgIpc) is 3.08. The molecule has 2 aromatic heterocycles. The van der Waals surface area contributed by atoms with Gasteiger partial charge in [-0.25, -0.2) is 4.79 Å². The molecule has 1 fully saturated rings. The minimum absolute atomic E-state index is 0.390. The summed E-state index contributed by atoms with van der Waals surface area (Å²) >= 11 is 0. The van der Waals surface area contributed by atoms with E-state index in [2.05, 4.69) is 47.7 Å². The van der Waals surface area contributed by atoms with E-state index in [1.54, 1.807) is 7.05 Å². The van der Waals surface area contributed by atoms with Gasteiger partial charge in [0.2, 0.25) is 5.95 Å². The lowest BCUT2D eigenvalue weighted by molar-refractivity contribution is 0.230. The molecule has 0 saturated carbocycles. The van der Waals surface area contributed by atoms with Crippen LogP contribution in [0, 0.1) is 12.8 Å². The largest absolute Gasteiger partial charge is 0.340 e. The predicted octanol–water partition coefficient (Wildman–Crippen LogP) is 1.56.